The average Bonchev–Trinajstić information content (AvgIpc) is 3.46. The highest BCUT2D eigenvalue weighted by Gasteiger charge is 2.23. The minimum Gasteiger partial charge on any atom is -0.481 e. The van der Waals surface area contributed by atoms with E-state index >= 15 is 0 Å². The molecule has 0 bridgehead atoms. The molecule has 0 saturated carbocycles. The zero-order valence-corrected chi connectivity index (χ0v) is 18.3. The van der Waals surface area contributed by atoms with E-state index in [1.807, 2.05) is 0 Å². The molecule has 0 spiro atoms. The van der Waals surface area contributed by atoms with Gasteiger partial charge >= 0.3 is 5.97 Å². The normalized spacial score (nSPS) is 15.5. The minimum atomic E-state index is -1.05. The number of amides is 2. The number of nitrogens with one attached hydrogen (secondary N) is 3. The van der Waals surface area contributed by atoms with Crippen LogP contribution in [0.1, 0.15) is 39.0 Å². The first-order valence-electron chi connectivity index (χ1n) is 10.3. The largest absolute Gasteiger partial charge is 0.481 e. The number of benzene rings is 1. The van der Waals surface area contributed by atoms with E-state index < -0.39 is 17.9 Å². The number of ether oxygens (including phenoxy) is 2. The summed E-state index contributed by atoms with van der Waals surface area (Å²) >= 11 is 1.19. The van der Waals surface area contributed by atoms with E-state index in [1.165, 1.54) is 17.4 Å². The van der Waals surface area contributed by atoms with Crippen molar-refractivity contribution in [2.75, 3.05) is 19.9 Å². The molecule has 1 atom stereocenters. The van der Waals surface area contributed by atoms with Crippen molar-refractivity contribution in [2.24, 2.45) is 4.99 Å². The Bertz CT molecular complexity index is 1130. The van der Waals surface area contributed by atoms with Gasteiger partial charge in [0.2, 0.25) is 6.79 Å². The fourth-order valence-electron chi connectivity index (χ4n) is 3.28. The van der Waals surface area contributed by atoms with Crippen LogP contribution in [0.2, 0.25) is 0 Å². The Morgan fingerprint density at radius 1 is 1.21 bits per heavy atom. The molecule has 172 valence electrons. The Kier molecular flexibility index (Phi) is 6.89. The summed E-state index contributed by atoms with van der Waals surface area (Å²) in [4.78, 5) is 41.5. The molecule has 10 nitrogen and oxygen atoms in total. The highest BCUT2D eigenvalue weighted by atomic mass is 32.1. The van der Waals surface area contributed by atoms with Crippen molar-refractivity contribution >= 4 is 41.2 Å². The lowest BCUT2D eigenvalue weighted by Gasteiger charge is -2.17. The maximum atomic E-state index is 12.8. The summed E-state index contributed by atoms with van der Waals surface area (Å²) in [7, 11) is 0. The summed E-state index contributed by atoms with van der Waals surface area (Å²) in [6.45, 7) is 1.54. The maximum absolute atomic E-state index is 12.8. The van der Waals surface area contributed by atoms with Crippen molar-refractivity contribution in [3.05, 3.63) is 51.7 Å². The van der Waals surface area contributed by atoms with Crippen LogP contribution in [-0.4, -0.2) is 48.7 Å². The quantitative estimate of drug-likeness (QED) is 0.454. The Balaban J connectivity index is 1.40. The number of carbonyl (C=O) groups is 3. The van der Waals surface area contributed by atoms with E-state index in [9.17, 15) is 19.5 Å². The van der Waals surface area contributed by atoms with E-state index in [0.29, 0.717) is 39.3 Å². The molecule has 4 rings (SSSR count). The third kappa shape index (κ3) is 5.89. The lowest BCUT2D eigenvalue weighted by atomic mass is 10.0. The zero-order valence-electron chi connectivity index (χ0n) is 17.5. The summed E-state index contributed by atoms with van der Waals surface area (Å²) in [6, 6.07) is 7.65. The minimum absolute atomic E-state index is 0.100. The van der Waals surface area contributed by atoms with E-state index in [0.717, 1.165) is 13.0 Å². The molecule has 33 heavy (non-hydrogen) atoms. The van der Waals surface area contributed by atoms with Crippen LogP contribution in [0.15, 0.2) is 41.4 Å². The number of hydrogen-bond donors (Lipinski definition) is 4. The Hall–Kier alpha value is -3.86. The van der Waals surface area contributed by atoms with Gasteiger partial charge < -0.3 is 25.2 Å². The summed E-state index contributed by atoms with van der Waals surface area (Å²) < 4.78 is 10.6. The number of hydrogen-bond acceptors (Lipinski definition) is 8. The second-order valence-electron chi connectivity index (χ2n) is 7.27. The molecule has 2 aliphatic rings. The van der Waals surface area contributed by atoms with Gasteiger partial charge in [-0.2, -0.15) is 0 Å². The maximum Gasteiger partial charge on any atom is 0.305 e. The number of guanidine groups is 1. The van der Waals surface area contributed by atoms with Gasteiger partial charge in [-0.3, -0.25) is 24.7 Å². The molecule has 0 saturated heterocycles. The number of fused-ring (bicyclic) bond motifs is 1. The predicted octanol–water partition coefficient (Wildman–Crippen LogP) is 1.90. The van der Waals surface area contributed by atoms with Gasteiger partial charge in [0, 0.05) is 24.0 Å². The van der Waals surface area contributed by atoms with Crippen LogP contribution in [0, 0.1) is 0 Å². The van der Waals surface area contributed by atoms with Gasteiger partial charge in [-0.15, -0.1) is 11.3 Å². The molecule has 2 aromatic rings. The number of aliphatic carboxylic acids is 1. The number of thiophene rings is 1. The highest BCUT2D eigenvalue weighted by Crippen LogP contribution is 2.35. The lowest BCUT2D eigenvalue weighted by Crippen LogP contribution is -2.43. The van der Waals surface area contributed by atoms with Gasteiger partial charge in [0.15, 0.2) is 17.5 Å². The molecule has 2 aliphatic heterocycles. The number of aliphatic imine (C=N–C) groups is 1. The molecule has 0 radical (unpaired) electrons. The van der Waals surface area contributed by atoms with Crippen molar-refractivity contribution < 1.29 is 29.0 Å². The second kappa shape index (κ2) is 10.2. The Morgan fingerprint density at radius 3 is 2.85 bits per heavy atom. The van der Waals surface area contributed by atoms with E-state index in [4.69, 9.17) is 9.47 Å². The molecule has 0 aliphatic carbocycles. The van der Waals surface area contributed by atoms with Crippen LogP contribution >= 0.6 is 11.3 Å². The molecule has 2 amide bonds. The van der Waals surface area contributed by atoms with Gasteiger partial charge in [0.25, 0.3) is 11.8 Å². The number of carbonyl (C=O) groups excluding carboxylic acids is 2. The topological polar surface area (TPSA) is 138 Å². The molecule has 3 heterocycles. The molecule has 1 aromatic heterocycles. The van der Waals surface area contributed by atoms with Crippen molar-refractivity contribution in [2.45, 2.75) is 18.9 Å². The van der Waals surface area contributed by atoms with E-state index in [2.05, 4.69) is 20.9 Å². The first kappa shape index (κ1) is 22.3. The third-order valence-electron chi connectivity index (χ3n) is 4.87. The predicted molar refractivity (Wildman–Crippen MR) is 121 cm³/mol. The van der Waals surface area contributed by atoms with Gasteiger partial charge in [-0.25, -0.2) is 0 Å². The van der Waals surface area contributed by atoms with Crippen molar-refractivity contribution in [1.82, 2.24) is 16.0 Å². The number of nitrogens with zero attached hydrogens (tertiary/aromatic N) is 1. The summed E-state index contributed by atoms with van der Waals surface area (Å²) in [6.07, 6.45) is 3.61. The van der Waals surface area contributed by atoms with Crippen LogP contribution in [0.5, 0.6) is 11.5 Å². The lowest BCUT2D eigenvalue weighted by molar-refractivity contribution is -0.137. The van der Waals surface area contributed by atoms with Crippen LogP contribution in [-0.2, 0) is 9.59 Å². The van der Waals surface area contributed by atoms with Crippen molar-refractivity contribution in [3.63, 3.8) is 0 Å². The highest BCUT2D eigenvalue weighted by molar-refractivity contribution is 7.14. The first-order chi connectivity index (χ1) is 16.0. The van der Waals surface area contributed by atoms with Crippen molar-refractivity contribution in [1.29, 1.82) is 0 Å². The standard InChI is InChI=1S/C22H22N4O6S/c27-19(26-22-23-8-1-9-24-22)7-4-14-3-6-18(33-14)21(30)25-15(11-20(28)29)13-2-5-16-17(10-13)32-12-31-16/h2-7,10,15H,1,8-9,11-12H2,(H,25,30)(H,28,29)(H2,23,24,26,27)/b7-4+. The third-order valence-corrected chi connectivity index (χ3v) is 5.92. The van der Waals surface area contributed by atoms with Crippen LogP contribution < -0.4 is 25.4 Å². The molecule has 4 N–H and O–H groups in total. The SMILES string of the molecule is O=C(O)CC(NC(=O)c1ccc(/C=C/C(=O)NC2=NCCCN2)s1)c1ccc2c(c1)OCO2. The molecule has 11 heteroatoms. The summed E-state index contributed by atoms with van der Waals surface area (Å²) in [5.74, 6) is -0.246. The van der Waals surface area contributed by atoms with E-state index in [1.54, 1.807) is 36.4 Å². The molecular weight excluding hydrogens is 448 g/mol. The summed E-state index contributed by atoms with van der Waals surface area (Å²) in [5.41, 5.74) is 0.600. The zero-order chi connectivity index (χ0) is 23.2. The van der Waals surface area contributed by atoms with Crippen LogP contribution in [0.3, 0.4) is 0 Å². The Labute approximate surface area is 193 Å². The van der Waals surface area contributed by atoms with Gasteiger partial charge in [-0.05, 0) is 42.3 Å². The van der Waals surface area contributed by atoms with Gasteiger partial charge in [0.05, 0.1) is 17.3 Å². The smallest absolute Gasteiger partial charge is 0.305 e. The molecule has 1 aromatic carbocycles. The molecule has 0 fully saturated rings. The second-order valence-corrected chi connectivity index (χ2v) is 8.39. The number of carboxylic acids is 1. The monoisotopic (exact) mass is 470 g/mol. The fraction of sp³-hybridized carbons (Fsp3) is 0.273. The number of carboxylic acid groups (broad SMARTS) is 1. The molecular formula is C22H22N4O6S. The first-order valence-corrected chi connectivity index (χ1v) is 11.1. The average molecular weight is 471 g/mol. The Morgan fingerprint density at radius 2 is 2.06 bits per heavy atom. The van der Waals surface area contributed by atoms with Crippen LogP contribution in [0.25, 0.3) is 6.08 Å². The van der Waals surface area contributed by atoms with Gasteiger partial charge in [-0.1, -0.05) is 6.07 Å². The summed E-state index contributed by atoms with van der Waals surface area (Å²) in [5, 5.41) is 17.7. The van der Waals surface area contributed by atoms with Crippen LogP contribution in [0.4, 0.5) is 0 Å². The molecule has 1 unspecified atom stereocenters. The van der Waals surface area contributed by atoms with E-state index in [-0.39, 0.29) is 19.1 Å². The fourth-order valence-corrected chi connectivity index (χ4v) is 4.10. The van der Waals surface area contributed by atoms with Gasteiger partial charge in [0.1, 0.15) is 0 Å². The van der Waals surface area contributed by atoms with Crippen molar-refractivity contribution in [3.8, 4) is 11.5 Å². The number of rotatable bonds is 7.